The lowest BCUT2D eigenvalue weighted by Gasteiger charge is -2.30. The van der Waals surface area contributed by atoms with Crippen LogP contribution >= 0.6 is 0 Å². The van der Waals surface area contributed by atoms with E-state index < -0.39 is 0 Å². The number of nitrogens with zero attached hydrogens (tertiary/aromatic N) is 2. The number of aryl methyl sites for hydroxylation is 1. The van der Waals surface area contributed by atoms with E-state index in [0.29, 0.717) is 30.3 Å². The fourth-order valence-corrected chi connectivity index (χ4v) is 3.52. The second kappa shape index (κ2) is 10.6. The number of anilines is 1. The van der Waals surface area contributed by atoms with Gasteiger partial charge in [-0.25, -0.2) is 4.79 Å². The van der Waals surface area contributed by atoms with E-state index in [0.717, 1.165) is 38.8 Å². The number of unbranched alkanes of at least 4 members (excludes halogenated alkanes) is 1. The van der Waals surface area contributed by atoms with Crippen molar-refractivity contribution < 1.29 is 9.59 Å². The maximum atomic E-state index is 12.6. The number of carbonyl (C=O) groups excluding carboxylic acids is 2. The van der Waals surface area contributed by atoms with E-state index >= 15 is 0 Å². The van der Waals surface area contributed by atoms with Crippen LogP contribution in [-0.2, 0) is 6.54 Å². The van der Waals surface area contributed by atoms with E-state index in [4.69, 9.17) is 0 Å². The second-order valence-corrected chi connectivity index (χ2v) is 7.87. The van der Waals surface area contributed by atoms with Crippen LogP contribution in [0.25, 0.3) is 0 Å². The van der Waals surface area contributed by atoms with Gasteiger partial charge in [-0.05, 0) is 61.9 Å². The standard InChI is InChI=1S/C23H30N4O3/c1-18-11-16-27(17-12-18)22(29)19-7-9-20(10-8-19)25-23(30)24-13-3-5-15-26-14-4-2-6-21(26)28/h2,4,6-10,14,18H,3,5,11-13,15-17H2,1H3,(H2,24,25,30). The quantitative estimate of drug-likeness (QED) is 0.687. The summed E-state index contributed by atoms with van der Waals surface area (Å²) >= 11 is 0. The summed E-state index contributed by atoms with van der Waals surface area (Å²) in [6.45, 7) is 4.99. The number of aromatic nitrogens is 1. The molecule has 0 spiro atoms. The topological polar surface area (TPSA) is 83.4 Å². The van der Waals surface area contributed by atoms with E-state index in [1.54, 1.807) is 41.1 Å². The summed E-state index contributed by atoms with van der Waals surface area (Å²) in [5.74, 6) is 0.732. The zero-order valence-corrected chi connectivity index (χ0v) is 17.5. The molecule has 7 heteroatoms. The molecule has 2 heterocycles. The fourth-order valence-electron chi connectivity index (χ4n) is 3.52. The first kappa shape index (κ1) is 21.6. The minimum absolute atomic E-state index is 0.0139. The van der Waals surface area contributed by atoms with Gasteiger partial charge in [0.05, 0.1) is 0 Å². The maximum Gasteiger partial charge on any atom is 0.319 e. The molecule has 1 aromatic carbocycles. The molecule has 1 aliphatic heterocycles. The van der Waals surface area contributed by atoms with Gasteiger partial charge in [0.1, 0.15) is 0 Å². The Hall–Kier alpha value is -3.09. The molecule has 1 fully saturated rings. The predicted octanol–water partition coefficient (Wildman–Crippen LogP) is 3.32. The van der Waals surface area contributed by atoms with Gasteiger partial charge in [0.15, 0.2) is 0 Å². The number of amides is 3. The van der Waals surface area contributed by atoms with Crippen molar-refractivity contribution in [3.8, 4) is 0 Å². The Bertz CT molecular complexity index is 899. The summed E-state index contributed by atoms with van der Waals surface area (Å²) in [6.07, 6.45) is 5.44. The first-order valence-electron chi connectivity index (χ1n) is 10.6. The van der Waals surface area contributed by atoms with Crippen LogP contribution in [-0.4, -0.2) is 41.0 Å². The Morgan fingerprint density at radius 2 is 1.77 bits per heavy atom. The van der Waals surface area contributed by atoms with Crippen LogP contribution in [0.5, 0.6) is 0 Å². The SMILES string of the molecule is CC1CCN(C(=O)c2ccc(NC(=O)NCCCCn3ccccc3=O)cc2)CC1. The van der Waals surface area contributed by atoms with E-state index in [2.05, 4.69) is 17.6 Å². The molecule has 0 saturated carbocycles. The summed E-state index contributed by atoms with van der Waals surface area (Å²) in [5.41, 5.74) is 1.28. The van der Waals surface area contributed by atoms with Crippen LogP contribution in [0.4, 0.5) is 10.5 Å². The van der Waals surface area contributed by atoms with Crippen molar-refractivity contribution in [1.29, 1.82) is 0 Å². The van der Waals surface area contributed by atoms with Crippen LogP contribution in [0, 0.1) is 5.92 Å². The second-order valence-electron chi connectivity index (χ2n) is 7.87. The molecule has 7 nitrogen and oxygen atoms in total. The molecule has 0 aliphatic carbocycles. The zero-order chi connectivity index (χ0) is 21.3. The lowest BCUT2D eigenvalue weighted by molar-refractivity contribution is 0.0697. The first-order chi connectivity index (χ1) is 14.5. The molecule has 1 aliphatic rings. The van der Waals surface area contributed by atoms with E-state index in [9.17, 15) is 14.4 Å². The Morgan fingerprint density at radius 1 is 1.03 bits per heavy atom. The highest BCUT2D eigenvalue weighted by Gasteiger charge is 2.21. The van der Waals surface area contributed by atoms with Gasteiger partial charge in [-0.2, -0.15) is 0 Å². The van der Waals surface area contributed by atoms with Crippen molar-refractivity contribution in [2.45, 2.75) is 39.2 Å². The molecule has 1 saturated heterocycles. The summed E-state index contributed by atoms with van der Waals surface area (Å²) < 4.78 is 1.66. The van der Waals surface area contributed by atoms with Crippen LogP contribution in [0.15, 0.2) is 53.5 Å². The highest BCUT2D eigenvalue weighted by atomic mass is 16.2. The van der Waals surface area contributed by atoms with Crippen molar-refractivity contribution in [3.05, 3.63) is 64.6 Å². The predicted molar refractivity (Wildman–Crippen MR) is 118 cm³/mol. The number of rotatable bonds is 7. The molecule has 2 N–H and O–H groups in total. The molecule has 160 valence electrons. The molecule has 0 bridgehead atoms. The number of pyridine rings is 1. The number of likely N-dealkylation sites (tertiary alicyclic amines) is 1. The van der Waals surface area contributed by atoms with Crippen molar-refractivity contribution in [2.24, 2.45) is 5.92 Å². The minimum Gasteiger partial charge on any atom is -0.339 e. The lowest BCUT2D eigenvalue weighted by Crippen LogP contribution is -2.37. The average molecular weight is 411 g/mol. The van der Waals surface area contributed by atoms with Gasteiger partial charge >= 0.3 is 6.03 Å². The molecular weight excluding hydrogens is 380 g/mol. The number of carbonyl (C=O) groups is 2. The summed E-state index contributed by atoms with van der Waals surface area (Å²) in [7, 11) is 0. The van der Waals surface area contributed by atoms with Gasteiger partial charge in [-0.3, -0.25) is 9.59 Å². The van der Waals surface area contributed by atoms with Gasteiger partial charge in [0, 0.05) is 49.7 Å². The number of nitrogens with one attached hydrogen (secondary N) is 2. The van der Waals surface area contributed by atoms with Crippen LogP contribution in [0.1, 0.15) is 43.0 Å². The fraction of sp³-hybridized carbons (Fsp3) is 0.435. The van der Waals surface area contributed by atoms with Gasteiger partial charge in [0.25, 0.3) is 5.91 Å². The maximum absolute atomic E-state index is 12.6. The Balaban J connectivity index is 1.37. The molecule has 1 aromatic heterocycles. The van der Waals surface area contributed by atoms with E-state index in [1.807, 2.05) is 11.0 Å². The zero-order valence-electron chi connectivity index (χ0n) is 17.5. The number of urea groups is 1. The molecule has 0 unspecified atom stereocenters. The molecular formula is C23H30N4O3. The monoisotopic (exact) mass is 410 g/mol. The molecule has 0 radical (unpaired) electrons. The Kier molecular flexibility index (Phi) is 7.65. The van der Waals surface area contributed by atoms with Crippen LogP contribution in [0.3, 0.4) is 0 Å². The average Bonchev–Trinajstić information content (AvgIpc) is 2.75. The molecule has 0 atom stereocenters. The normalized spacial score (nSPS) is 14.4. The first-order valence-corrected chi connectivity index (χ1v) is 10.6. The largest absolute Gasteiger partial charge is 0.339 e. The molecule has 3 amide bonds. The highest BCUT2D eigenvalue weighted by Crippen LogP contribution is 2.19. The number of hydrogen-bond acceptors (Lipinski definition) is 3. The van der Waals surface area contributed by atoms with Crippen LogP contribution in [0.2, 0.25) is 0 Å². The summed E-state index contributed by atoms with van der Waals surface area (Å²) in [6, 6.07) is 11.8. The lowest BCUT2D eigenvalue weighted by atomic mass is 9.98. The third kappa shape index (κ3) is 6.20. The van der Waals surface area contributed by atoms with Crippen molar-refractivity contribution in [2.75, 3.05) is 25.0 Å². The van der Waals surface area contributed by atoms with E-state index in [1.165, 1.54) is 6.07 Å². The Labute approximate surface area is 177 Å². The number of piperidine rings is 1. The third-order valence-corrected chi connectivity index (χ3v) is 5.47. The van der Waals surface area contributed by atoms with Gasteiger partial charge in [0.2, 0.25) is 5.56 Å². The van der Waals surface area contributed by atoms with Crippen LogP contribution < -0.4 is 16.2 Å². The smallest absolute Gasteiger partial charge is 0.319 e. The summed E-state index contributed by atoms with van der Waals surface area (Å²) in [4.78, 5) is 38.1. The van der Waals surface area contributed by atoms with Gasteiger partial charge < -0.3 is 20.1 Å². The third-order valence-electron chi connectivity index (χ3n) is 5.47. The van der Waals surface area contributed by atoms with Gasteiger partial charge in [-0.15, -0.1) is 0 Å². The number of benzene rings is 1. The molecule has 30 heavy (non-hydrogen) atoms. The number of hydrogen-bond donors (Lipinski definition) is 2. The molecule has 2 aromatic rings. The molecule has 3 rings (SSSR count). The van der Waals surface area contributed by atoms with Crippen molar-refractivity contribution in [1.82, 2.24) is 14.8 Å². The van der Waals surface area contributed by atoms with Gasteiger partial charge in [-0.1, -0.05) is 13.0 Å². The van der Waals surface area contributed by atoms with Crippen molar-refractivity contribution in [3.63, 3.8) is 0 Å². The van der Waals surface area contributed by atoms with E-state index in [-0.39, 0.29) is 17.5 Å². The Morgan fingerprint density at radius 3 is 2.47 bits per heavy atom. The van der Waals surface area contributed by atoms with Crippen molar-refractivity contribution >= 4 is 17.6 Å². The summed E-state index contributed by atoms with van der Waals surface area (Å²) in [5, 5.41) is 5.59. The highest BCUT2D eigenvalue weighted by molar-refractivity contribution is 5.95. The minimum atomic E-state index is -0.282.